The lowest BCUT2D eigenvalue weighted by molar-refractivity contribution is -0.196. The molecule has 1 fully saturated rings. The maximum absolute atomic E-state index is 12.8. The van der Waals surface area contributed by atoms with Gasteiger partial charge in [0.25, 0.3) is 11.8 Å². The van der Waals surface area contributed by atoms with Crippen LogP contribution in [0.25, 0.3) is 0 Å². The molecule has 0 aliphatic carbocycles. The van der Waals surface area contributed by atoms with Gasteiger partial charge in [-0.05, 0) is 25.1 Å². The standard InChI is InChI=1S/C18H20ClN7O8S2/c1-8-13(17(28)26(8)34-36(29,30)31)24-16(27)14(11-7-35-18(22)23-11)25-33-5-4-32-12-3-2-9(15(20)21)6-10(12)19/h2-3,6-8,13H,4-5H2,1H3,(H3,20,21)(H2,22,23)(H,24,27)(H,29,30,31)/b25-14-/t8-,13-/m0/s1. The van der Waals surface area contributed by atoms with E-state index in [1.54, 1.807) is 6.07 Å². The van der Waals surface area contributed by atoms with Crippen LogP contribution in [0.4, 0.5) is 5.13 Å². The summed E-state index contributed by atoms with van der Waals surface area (Å²) in [5, 5.41) is 15.8. The highest BCUT2D eigenvalue weighted by Crippen LogP contribution is 2.25. The molecule has 0 bridgehead atoms. The molecule has 0 spiro atoms. The molecule has 3 rings (SSSR count). The van der Waals surface area contributed by atoms with Crippen molar-refractivity contribution in [3.05, 3.63) is 39.9 Å². The van der Waals surface area contributed by atoms with E-state index in [1.807, 2.05) is 0 Å². The maximum atomic E-state index is 12.8. The van der Waals surface area contributed by atoms with Gasteiger partial charge in [-0.3, -0.25) is 19.6 Å². The van der Waals surface area contributed by atoms with Crippen molar-refractivity contribution in [1.82, 2.24) is 15.4 Å². The van der Waals surface area contributed by atoms with Crippen molar-refractivity contribution in [2.45, 2.75) is 19.0 Å². The van der Waals surface area contributed by atoms with Gasteiger partial charge in [0, 0.05) is 10.9 Å². The summed E-state index contributed by atoms with van der Waals surface area (Å²) in [6.07, 6.45) is 0. The Morgan fingerprint density at radius 3 is 2.69 bits per heavy atom. The van der Waals surface area contributed by atoms with Crippen LogP contribution in [0.3, 0.4) is 0 Å². The first-order chi connectivity index (χ1) is 16.9. The first kappa shape index (κ1) is 27.1. The smallest absolute Gasteiger partial charge is 0.418 e. The second-order valence-corrected chi connectivity index (χ2v) is 9.41. The number of amides is 2. The average Bonchev–Trinajstić information content (AvgIpc) is 3.23. The van der Waals surface area contributed by atoms with Crippen LogP contribution in [0.5, 0.6) is 5.75 Å². The molecule has 0 radical (unpaired) electrons. The minimum atomic E-state index is -4.91. The number of hydrogen-bond donors (Lipinski definition) is 5. The third kappa shape index (κ3) is 6.58. The highest BCUT2D eigenvalue weighted by atomic mass is 35.5. The zero-order valence-corrected chi connectivity index (χ0v) is 20.8. The number of rotatable bonds is 11. The molecule has 1 aliphatic rings. The van der Waals surface area contributed by atoms with Crippen molar-refractivity contribution in [2.75, 3.05) is 18.9 Å². The van der Waals surface area contributed by atoms with Crippen LogP contribution < -0.4 is 21.5 Å². The number of nitrogens with one attached hydrogen (secondary N) is 2. The Balaban J connectivity index is 1.62. The molecular weight excluding hydrogens is 542 g/mol. The van der Waals surface area contributed by atoms with E-state index in [-0.39, 0.29) is 40.6 Å². The summed E-state index contributed by atoms with van der Waals surface area (Å²) in [6.45, 7) is 1.25. The number of hydrogen-bond acceptors (Lipinski definition) is 12. The SMILES string of the molecule is C[C@H]1[C@H](NC(=O)/C(=N\OCCOc2ccc(C(=N)N)cc2Cl)c2csc(N)n2)C(=O)N1OS(=O)(=O)O. The van der Waals surface area contributed by atoms with Gasteiger partial charge in [-0.25, -0.2) is 4.98 Å². The predicted octanol–water partition coefficient (Wildman–Crippen LogP) is -0.0876. The summed E-state index contributed by atoms with van der Waals surface area (Å²) in [5.41, 5.74) is 11.2. The van der Waals surface area contributed by atoms with E-state index in [2.05, 4.69) is 19.7 Å². The number of thiazole rings is 1. The number of halogens is 1. The summed E-state index contributed by atoms with van der Waals surface area (Å²) >= 11 is 7.13. The van der Waals surface area contributed by atoms with Crippen molar-refractivity contribution in [3.63, 3.8) is 0 Å². The van der Waals surface area contributed by atoms with Crippen LogP contribution in [0, 0.1) is 5.41 Å². The highest BCUT2D eigenvalue weighted by Gasteiger charge is 2.49. The van der Waals surface area contributed by atoms with E-state index < -0.39 is 34.3 Å². The zero-order chi connectivity index (χ0) is 26.6. The Hall–Kier alpha value is -3.51. The predicted molar refractivity (Wildman–Crippen MR) is 128 cm³/mol. The molecule has 1 aromatic carbocycles. The molecule has 0 saturated carbocycles. The largest absolute Gasteiger partial charge is 0.488 e. The quantitative estimate of drug-likeness (QED) is 0.0607. The number of β-lactam (4-membered cyclic amide) rings is 1. The van der Waals surface area contributed by atoms with Gasteiger partial charge in [-0.1, -0.05) is 16.8 Å². The van der Waals surface area contributed by atoms with E-state index in [1.165, 1.54) is 24.4 Å². The van der Waals surface area contributed by atoms with E-state index >= 15 is 0 Å². The fraction of sp³-hybridized carbons (Fsp3) is 0.278. The fourth-order valence-electron chi connectivity index (χ4n) is 2.88. The average molecular weight is 562 g/mol. The van der Waals surface area contributed by atoms with Gasteiger partial charge in [-0.2, -0.15) is 13.5 Å². The van der Waals surface area contributed by atoms with Gasteiger partial charge >= 0.3 is 10.4 Å². The summed E-state index contributed by atoms with van der Waals surface area (Å²) in [7, 11) is -4.91. The first-order valence-corrected chi connectivity index (χ1v) is 12.5. The zero-order valence-electron chi connectivity index (χ0n) is 18.4. The molecule has 1 saturated heterocycles. The van der Waals surface area contributed by atoms with Gasteiger partial charge in [0.2, 0.25) is 0 Å². The van der Waals surface area contributed by atoms with E-state index in [4.69, 9.17) is 42.6 Å². The van der Waals surface area contributed by atoms with Crippen molar-refractivity contribution in [3.8, 4) is 5.75 Å². The Morgan fingerprint density at radius 1 is 1.42 bits per heavy atom. The van der Waals surface area contributed by atoms with Crippen LogP contribution in [-0.2, 0) is 29.1 Å². The van der Waals surface area contributed by atoms with Crippen LogP contribution in [0.1, 0.15) is 18.2 Å². The van der Waals surface area contributed by atoms with Crippen molar-refractivity contribution in [2.24, 2.45) is 10.9 Å². The molecule has 2 atom stereocenters. The van der Waals surface area contributed by atoms with Crippen molar-refractivity contribution >= 4 is 61.8 Å². The monoisotopic (exact) mass is 561 g/mol. The normalized spacial score (nSPS) is 17.9. The molecular formula is C18H20ClN7O8S2. The molecule has 0 unspecified atom stereocenters. The van der Waals surface area contributed by atoms with E-state index in [9.17, 15) is 18.0 Å². The number of aromatic nitrogens is 1. The first-order valence-electron chi connectivity index (χ1n) is 9.86. The lowest BCUT2D eigenvalue weighted by Gasteiger charge is -2.42. The fourth-order valence-corrected chi connectivity index (χ4v) is 4.08. The van der Waals surface area contributed by atoms with Crippen LogP contribution in [-0.4, -0.2) is 71.7 Å². The van der Waals surface area contributed by atoms with Crippen LogP contribution in [0.15, 0.2) is 28.7 Å². The number of carbonyl (C=O) groups excluding carboxylic acids is 2. The van der Waals surface area contributed by atoms with E-state index in [0.29, 0.717) is 16.4 Å². The van der Waals surface area contributed by atoms with Gasteiger partial charge in [0.05, 0.1) is 11.1 Å². The molecule has 2 aromatic rings. The third-order valence-corrected chi connectivity index (χ3v) is 5.93. The number of nitrogens with two attached hydrogens (primary N) is 2. The molecule has 1 aromatic heterocycles. The lowest BCUT2D eigenvalue weighted by atomic mass is 10.00. The molecule has 18 heteroatoms. The Morgan fingerprint density at radius 2 is 2.14 bits per heavy atom. The Kier molecular flexibility index (Phi) is 8.31. The number of benzene rings is 1. The summed E-state index contributed by atoms with van der Waals surface area (Å²) in [5.74, 6) is -1.60. The number of ether oxygens (including phenoxy) is 1. The van der Waals surface area contributed by atoms with E-state index in [0.717, 1.165) is 11.3 Å². The Labute approximate surface area is 213 Å². The third-order valence-electron chi connectivity index (χ3n) is 4.61. The van der Waals surface area contributed by atoms with Gasteiger partial charge in [0.1, 0.15) is 29.9 Å². The second-order valence-electron chi connectivity index (χ2n) is 7.11. The van der Waals surface area contributed by atoms with Gasteiger partial charge in [0.15, 0.2) is 17.5 Å². The summed E-state index contributed by atoms with van der Waals surface area (Å²) in [6, 6.07) is 2.48. The maximum Gasteiger partial charge on any atom is 0.418 e. The molecule has 2 heterocycles. The number of carbonyl (C=O) groups is 2. The molecule has 15 nitrogen and oxygen atoms in total. The molecule has 7 N–H and O–H groups in total. The molecule has 1 aliphatic heterocycles. The van der Waals surface area contributed by atoms with Crippen LogP contribution in [0.2, 0.25) is 5.02 Å². The molecule has 194 valence electrons. The van der Waals surface area contributed by atoms with Crippen molar-refractivity contribution in [1.29, 1.82) is 5.41 Å². The van der Waals surface area contributed by atoms with Crippen molar-refractivity contribution < 1.29 is 36.4 Å². The highest BCUT2D eigenvalue weighted by molar-refractivity contribution is 7.80. The van der Waals surface area contributed by atoms with Gasteiger partial charge in [-0.15, -0.1) is 15.6 Å². The number of nitrogens with zero attached hydrogens (tertiary/aromatic N) is 3. The number of anilines is 1. The van der Waals surface area contributed by atoms with Gasteiger partial charge < -0.3 is 26.4 Å². The summed E-state index contributed by atoms with van der Waals surface area (Å²) < 4.78 is 40.1. The topological polar surface area (TPSA) is 233 Å². The number of nitrogen functional groups attached to an aromatic ring is 2. The summed E-state index contributed by atoms with van der Waals surface area (Å²) in [4.78, 5) is 34.1. The minimum absolute atomic E-state index is 0.0170. The second kappa shape index (κ2) is 11.0. The number of amidine groups is 1. The number of oxime groups is 1. The lowest BCUT2D eigenvalue weighted by Crippen LogP contribution is -2.70. The minimum Gasteiger partial charge on any atom is -0.488 e. The van der Waals surface area contributed by atoms with Crippen LogP contribution >= 0.6 is 22.9 Å². The Bertz CT molecular complexity index is 1320. The molecule has 2 amide bonds. The number of hydroxylamine groups is 2. The molecule has 36 heavy (non-hydrogen) atoms.